The van der Waals surface area contributed by atoms with Crippen LogP contribution < -0.4 is 16.6 Å². The van der Waals surface area contributed by atoms with Gasteiger partial charge < -0.3 is 24.3 Å². The van der Waals surface area contributed by atoms with E-state index in [4.69, 9.17) is 9.47 Å². The Morgan fingerprint density at radius 3 is 2.24 bits per heavy atom. The second-order valence-corrected chi connectivity index (χ2v) is 13.3. The predicted octanol–water partition coefficient (Wildman–Crippen LogP) is 3.91. The number of ether oxygens (including phenoxy) is 2. The highest BCUT2D eigenvalue weighted by atomic mass is 16.6. The number of aryl methyl sites for hydroxylation is 2. The molecule has 0 radical (unpaired) electrons. The Kier molecular flexibility index (Phi) is 9.24. The number of nitrogens with one attached hydrogen (secondary N) is 2. The van der Waals surface area contributed by atoms with Gasteiger partial charge in [0, 0.05) is 19.0 Å². The van der Waals surface area contributed by atoms with Crippen molar-refractivity contribution in [3.63, 3.8) is 0 Å². The zero-order valence-corrected chi connectivity index (χ0v) is 28.5. The van der Waals surface area contributed by atoms with Gasteiger partial charge in [0.15, 0.2) is 11.5 Å². The van der Waals surface area contributed by atoms with Gasteiger partial charge in [-0.05, 0) is 80.1 Å². The van der Waals surface area contributed by atoms with Crippen LogP contribution in [0.2, 0.25) is 0 Å². The average Bonchev–Trinajstić information content (AvgIpc) is 3.37. The van der Waals surface area contributed by atoms with Gasteiger partial charge in [-0.1, -0.05) is 48.5 Å². The lowest BCUT2D eigenvalue weighted by molar-refractivity contribution is -0.159. The number of hydrogen-bond donors (Lipinski definition) is 2. The van der Waals surface area contributed by atoms with Gasteiger partial charge in [0.1, 0.15) is 25.3 Å². The summed E-state index contributed by atoms with van der Waals surface area (Å²) in [6.07, 6.45) is -0.672. The van der Waals surface area contributed by atoms with Gasteiger partial charge in [-0.25, -0.2) is 14.6 Å². The maximum Gasteiger partial charge on any atom is 0.407 e. The lowest BCUT2D eigenvalue weighted by Crippen LogP contribution is -2.44. The van der Waals surface area contributed by atoms with Gasteiger partial charge >= 0.3 is 17.8 Å². The first kappa shape index (κ1) is 34.0. The Hall–Kier alpha value is -5.85. The van der Waals surface area contributed by atoms with Gasteiger partial charge in [0.25, 0.3) is 5.56 Å². The molecule has 1 aliphatic carbocycles. The minimum atomic E-state index is -0.883. The molecule has 2 N–H and O–H groups in total. The Balaban J connectivity index is 1.20. The molecule has 0 atom stereocenters. The number of aromatic nitrogens is 4. The van der Waals surface area contributed by atoms with Crippen LogP contribution in [-0.4, -0.2) is 74.2 Å². The largest absolute Gasteiger partial charge is 0.459 e. The summed E-state index contributed by atoms with van der Waals surface area (Å²) < 4.78 is 12.6. The van der Waals surface area contributed by atoms with E-state index in [0.717, 1.165) is 33.4 Å². The first-order valence-electron chi connectivity index (χ1n) is 16.3. The van der Waals surface area contributed by atoms with Gasteiger partial charge in [-0.3, -0.25) is 19.4 Å². The minimum absolute atomic E-state index is 0.0331. The molecule has 0 fully saturated rings. The molecule has 6 rings (SSSR count). The van der Waals surface area contributed by atoms with E-state index >= 15 is 0 Å². The van der Waals surface area contributed by atoms with Gasteiger partial charge in [0.2, 0.25) is 5.91 Å². The molecule has 3 aromatic carbocycles. The van der Waals surface area contributed by atoms with E-state index in [1.165, 1.54) is 9.47 Å². The van der Waals surface area contributed by atoms with Crippen LogP contribution in [0.4, 0.5) is 4.79 Å². The molecule has 0 saturated carbocycles. The van der Waals surface area contributed by atoms with Crippen LogP contribution in [0.3, 0.4) is 0 Å². The van der Waals surface area contributed by atoms with Crippen LogP contribution >= 0.6 is 0 Å². The summed E-state index contributed by atoms with van der Waals surface area (Å²) in [6.45, 7) is 8.15. The number of benzene rings is 3. The number of H-pyrrole nitrogens is 1. The number of fused-ring (bicyclic) bond motifs is 5. The van der Waals surface area contributed by atoms with Crippen molar-refractivity contribution in [2.24, 2.45) is 0 Å². The Labute approximate surface area is 287 Å². The molecule has 0 unspecified atom stereocenters. The number of nitrogens with zero attached hydrogens (tertiary/aromatic N) is 4. The van der Waals surface area contributed by atoms with E-state index in [2.05, 4.69) is 32.4 Å². The molecule has 0 aromatic heterocycles. The van der Waals surface area contributed by atoms with Crippen molar-refractivity contribution in [2.75, 3.05) is 26.2 Å². The van der Waals surface area contributed by atoms with Gasteiger partial charge in [0.05, 0.1) is 11.0 Å². The van der Waals surface area contributed by atoms with Crippen molar-refractivity contribution in [3.8, 4) is 22.6 Å². The smallest absolute Gasteiger partial charge is 0.407 e. The Morgan fingerprint density at radius 1 is 0.940 bits per heavy atom. The van der Waals surface area contributed by atoms with E-state index in [0.29, 0.717) is 11.0 Å². The molecule has 3 aliphatic rings. The van der Waals surface area contributed by atoms with E-state index in [9.17, 15) is 24.0 Å². The standard InChI is InChI=1S/C37H38N6O7/c1-21-16-28-29(17-22(21)2)43(33-32(39-28)34(46)41-35(47)40-33)18-30(44)42(19-31(45)50-37(3,4)5)15-14-38-36(48)49-20-27-25-12-8-6-10-23(25)24-11-7-9-13-26(24)27/h6-13,16-17,27H,14-15,18-20H2,1-5H3,(H,38,48)(H,41,46,47). The molecule has 0 bridgehead atoms. The molecule has 0 spiro atoms. The Morgan fingerprint density at radius 2 is 1.58 bits per heavy atom. The van der Waals surface area contributed by atoms with Crippen LogP contribution in [0.25, 0.3) is 33.7 Å². The van der Waals surface area contributed by atoms with Crippen molar-refractivity contribution >= 4 is 29.0 Å². The van der Waals surface area contributed by atoms with Crippen molar-refractivity contribution in [2.45, 2.75) is 52.7 Å². The number of alkyl carbamates (subject to hydrolysis) is 1. The molecule has 2 amide bonds. The van der Waals surface area contributed by atoms with Crippen molar-refractivity contribution in [1.82, 2.24) is 29.7 Å². The average molecular weight is 679 g/mol. The molecule has 50 heavy (non-hydrogen) atoms. The second kappa shape index (κ2) is 13.6. The lowest BCUT2D eigenvalue weighted by atomic mass is 9.98. The molecular weight excluding hydrogens is 640 g/mol. The molecule has 2 heterocycles. The number of aromatic amines is 1. The van der Waals surface area contributed by atoms with Crippen LogP contribution in [0.5, 0.6) is 0 Å². The number of esters is 1. The summed E-state index contributed by atoms with van der Waals surface area (Å²) in [4.78, 5) is 76.6. The summed E-state index contributed by atoms with van der Waals surface area (Å²) in [5, 5.41) is 2.69. The maximum absolute atomic E-state index is 14.0. The van der Waals surface area contributed by atoms with Crippen LogP contribution in [-0.2, 0) is 25.6 Å². The number of hydrogen-bond acceptors (Lipinski definition) is 9. The molecule has 2 aliphatic heterocycles. The molecule has 13 heteroatoms. The third-order valence-electron chi connectivity index (χ3n) is 8.61. The monoisotopic (exact) mass is 678 g/mol. The summed E-state index contributed by atoms with van der Waals surface area (Å²) in [6, 6.07) is 19.6. The molecule has 3 aromatic rings. The highest BCUT2D eigenvalue weighted by Gasteiger charge is 2.30. The summed E-state index contributed by atoms with van der Waals surface area (Å²) in [5.74, 6) is -1.39. The fourth-order valence-corrected chi connectivity index (χ4v) is 6.21. The number of amides is 2. The third-order valence-corrected chi connectivity index (χ3v) is 8.61. The van der Waals surface area contributed by atoms with Gasteiger partial charge in [-0.15, -0.1) is 0 Å². The number of carbonyl (C=O) groups excluding carboxylic acids is 3. The fourth-order valence-electron chi connectivity index (χ4n) is 6.21. The third kappa shape index (κ3) is 7.12. The number of rotatable bonds is 9. The molecular formula is C37H38N6O7. The molecule has 13 nitrogen and oxygen atoms in total. The summed E-state index contributed by atoms with van der Waals surface area (Å²) >= 11 is 0. The first-order valence-corrected chi connectivity index (χ1v) is 16.3. The topological polar surface area (TPSA) is 166 Å². The highest BCUT2D eigenvalue weighted by molar-refractivity contribution is 5.86. The quantitative estimate of drug-likeness (QED) is 0.174. The Bertz CT molecular complexity index is 2170. The predicted molar refractivity (Wildman–Crippen MR) is 186 cm³/mol. The van der Waals surface area contributed by atoms with E-state index in [-0.39, 0.29) is 43.7 Å². The molecule has 0 saturated heterocycles. The zero-order valence-electron chi connectivity index (χ0n) is 28.5. The second-order valence-electron chi connectivity index (χ2n) is 13.3. The van der Waals surface area contributed by atoms with E-state index < -0.39 is 41.4 Å². The SMILES string of the molecule is Cc1cc2nc3c(=O)[nH]c(=O)nc-3n(CC(=O)N(CCNC(=O)OCC3c4ccccc4-c4ccccc43)CC(=O)OC(C)(C)C)c2cc1C. The van der Waals surface area contributed by atoms with E-state index in [1.807, 2.05) is 50.2 Å². The normalized spacial score (nSPS) is 12.4. The molecule has 258 valence electrons. The van der Waals surface area contributed by atoms with Crippen molar-refractivity contribution < 1.29 is 23.9 Å². The van der Waals surface area contributed by atoms with Crippen molar-refractivity contribution in [1.29, 1.82) is 0 Å². The van der Waals surface area contributed by atoms with Crippen molar-refractivity contribution in [3.05, 3.63) is 104 Å². The zero-order chi connectivity index (χ0) is 35.7. The maximum atomic E-state index is 14.0. The summed E-state index contributed by atoms with van der Waals surface area (Å²) in [7, 11) is 0. The fraction of sp³-hybridized carbons (Fsp3) is 0.324. The first-order chi connectivity index (χ1) is 23.8. The van der Waals surface area contributed by atoms with Crippen LogP contribution in [0.15, 0.2) is 70.3 Å². The minimum Gasteiger partial charge on any atom is -0.459 e. The van der Waals surface area contributed by atoms with Crippen LogP contribution in [0.1, 0.15) is 48.9 Å². The summed E-state index contributed by atoms with van der Waals surface area (Å²) in [5.41, 5.74) is 4.55. The highest BCUT2D eigenvalue weighted by Crippen LogP contribution is 2.44. The van der Waals surface area contributed by atoms with E-state index in [1.54, 1.807) is 32.9 Å². The lowest BCUT2D eigenvalue weighted by Gasteiger charge is -2.26. The van der Waals surface area contributed by atoms with Gasteiger partial charge in [-0.2, -0.15) is 4.98 Å². The number of carbonyl (C=O) groups is 3. The van der Waals surface area contributed by atoms with Crippen LogP contribution in [0, 0.1) is 13.8 Å².